The maximum absolute atomic E-state index is 13.6. The van der Waals surface area contributed by atoms with Gasteiger partial charge in [-0.25, -0.2) is 0 Å². The van der Waals surface area contributed by atoms with Crippen LogP contribution in [0.5, 0.6) is 0 Å². The quantitative estimate of drug-likeness (QED) is 0.259. The Kier molecular flexibility index (Phi) is 8.39. The highest BCUT2D eigenvalue weighted by atomic mass is 16.6. The molecule has 1 aliphatic rings. The normalized spacial score (nSPS) is 17.8. The van der Waals surface area contributed by atoms with Crippen LogP contribution in [0, 0.1) is 35.8 Å². The summed E-state index contributed by atoms with van der Waals surface area (Å²) in [7, 11) is 0. The van der Waals surface area contributed by atoms with Crippen molar-refractivity contribution < 1.29 is 9.72 Å². The third kappa shape index (κ3) is 6.63. The van der Waals surface area contributed by atoms with E-state index in [-0.39, 0.29) is 22.4 Å². The third-order valence-corrected chi connectivity index (χ3v) is 7.28. The molecule has 37 heavy (non-hydrogen) atoms. The summed E-state index contributed by atoms with van der Waals surface area (Å²) in [5.41, 5.74) is 5.66. The van der Waals surface area contributed by atoms with Gasteiger partial charge in [0.1, 0.15) is 0 Å². The number of rotatable bonds is 9. The number of hydrogen-bond acceptors (Lipinski definition) is 4. The number of likely N-dealkylation sites (tertiary alicyclic amines) is 1. The Morgan fingerprint density at radius 3 is 2.30 bits per heavy atom. The highest BCUT2D eigenvalue weighted by Gasteiger charge is 2.36. The maximum Gasteiger partial charge on any atom is 0.269 e. The van der Waals surface area contributed by atoms with Crippen LogP contribution < -0.4 is 0 Å². The molecule has 0 saturated carbocycles. The Morgan fingerprint density at radius 2 is 1.68 bits per heavy atom. The monoisotopic (exact) mass is 499 g/mol. The van der Waals surface area contributed by atoms with Gasteiger partial charge in [-0.15, -0.1) is 0 Å². The summed E-state index contributed by atoms with van der Waals surface area (Å²) in [6.45, 7) is 12.4. The van der Waals surface area contributed by atoms with Crippen molar-refractivity contribution in [2.45, 2.75) is 40.2 Å². The molecule has 2 unspecified atom stereocenters. The molecule has 0 N–H and O–H groups in total. The molecule has 6 heteroatoms. The molecule has 2 atom stereocenters. The second-order valence-corrected chi connectivity index (χ2v) is 10.8. The minimum atomic E-state index is -0.363. The number of hydrogen-bond donors (Lipinski definition) is 0. The number of carbonyl (C=O) groups excluding carboxylic acids is 1. The van der Waals surface area contributed by atoms with Crippen molar-refractivity contribution in [2.75, 3.05) is 26.2 Å². The second kappa shape index (κ2) is 11.7. The van der Waals surface area contributed by atoms with Gasteiger partial charge in [-0.3, -0.25) is 19.8 Å². The lowest BCUT2D eigenvalue weighted by Gasteiger charge is -2.30. The third-order valence-electron chi connectivity index (χ3n) is 7.28. The average Bonchev–Trinajstić information content (AvgIpc) is 3.25. The van der Waals surface area contributed by atoms with E-state index in [0.717, 1.165) is 36.3 Å². The first-order valence-corrected chi connectivity index (χ1v) is 13.1. The first kappa shape index (κ1) is 26.6. The molecule has 0 aliphatic carbocycles. The highest BCUT2D eigenvalue weighted by Crippen LogP contribution is 2.36. The molecule has 1 saturated heterocycles. The van der Waals surface area contributed by atoms with Gasteiger partial charge in [0.2, 0.25) is 0 Å². The Morgan fingerprint density at radius 1 is 1.00 bits per heavy atom. The minimum Gasteiger partial charge on any atom is -0.338 e. The summed E-state index contributed by atoms with van der Waals surface area (Å²) >= 11 is 0. The van der Waals surface area contributed by atoms with Crippen molar-refractivity contribution in [2.24, 2.45) is 11.8 Å². The van der Waals surface area contributed by atoms with Gasteiger partial charge >= 0.3 is 0 Å². The number of nitro benzene ring substituents is 1. The predicted octanol–water partition coefficient (Wildman–Crippen LogP) is 6.23. The first-order valence-electron chi connectivity index (χ1n) is 13.1. The molecule has 0 aromatic heterocycles. The number of benzene rings is 3. The molecule has 6 nitrogen and oxygen atoms in total. The maximum atomic E-state index is 13.6. The van der Waals surface area contributed by atoms with Crippen molar-refractivity contribution in [1.82, 2.24) is 9.80 Å². The van der Waals surface area contributed by atoms with Crippen LogP contribution in [0.25, 0.3) is 0 Å². The van der Waals surface area contributed by atoms with E-state index in [9.17, 15) is 14.9 Å². The fourth-order valence-electron chi connectivity index (χ4n) is 5.45. The molecule has 0 spiro atoms. The largest absolute Gasteiger partial charge is 0.338 e. The minimum absolute atomic E-state index is 0.0889. The Bertz CT molecular complexity index is 1220. The highest BCUT2D eigenvalue weighted by molar-refractivity contribution is 5.94. The van der Waals surface area contributed by atoms with Gasteiger partial charge in [0.15, 0.2) is 0 Å². The average molecular weight is 500 g/mol. The Hall–Kier alpha value is -3.51. The number of non-ortho nitro benzene ring substituents is 1. The Balaban J connectivity index is 1.58. The van der Waals surface area contributed by atoms with Gasteiger partial charge in [-0.05, 0) is 54.5 Å². The van der Waals surface area contributed by atoms with Gasteiger partial charge in [-0.1, -0.05) is 67.9 Å². The Labute approximate surface area is 220 Å². The van der Waals surface area contributed by atoms with E-state index < -0.39 is 0 Å². The van der Waals surface area contributed by atoms with Crippen LogP contribution >= 0.6 is 0 Å². The summed E-state index contributed by atoms with van der Waals surface area (Å²) in [6.07, 6.45) is 0. The van der Waals surface area contributed by atoms with E-state index in [1.165, 1.54) is 11.1 Å². The molecule has 1 amide bonds. The molecular formula is C31H37N3O3. The number of nitrogens with zero attached hydrogens (tertiary/aromatic N) is 3. The van der Waals surface area contributed by atoms with Gasteiger partial charge in [0, 0.05) is 56.3 Å². The standard InChI is InChI=1S/C31H37N3O3/c1-22(2)17-33(31(35)26-13-9-23(3)10-14-26)20-27-19-32(18-25-11-15-28(16-12-25)34(36)37)21-30(27)29-8-6-5-7-24(29)4/h5-16,22,27,30H,17-21H2,1-4H3. The summed E-state index contributed by atoms with van der Waals surface area (Å²) in [6, 6.07) is 23.3. The summed E-state index contributed by atoms with van der Waals surface area (Å²) in [5, 5.41) is 11.0. The molecular weight excluding hydrogens is 462 g/mol. The summed E-state index contributed by atoms with van der Waals surface area (Å²) in [4.78, 5) is 28.8. The van der Waals surface area contributed by atoms with Gasteiger partial charge in [0.05, 0.1) is 4.92 Å². The lowest BCUT2D eigenvalue weighted by atomic mass is 9.86. The van der Waals surface area contributed by atoms with Crippen LogP contribution in [0.15, 0.2) is 72.8 Å². The van der Waals surface area contributed by atoms with Crippen LogP contribution in [0.1, 0.15) is 52.4 Å². The number of amides is 1. The van der Waals surface area contributed by atoms with Crippen LogP contribution in [0.3, 0.4) is 0 Å². The van der Waals surface area contributed by atoms with E-state index in [1.54, 1.807) is 12.1 Å². The lowest BCUT2D eigenvalue weighted by Crippen LogP contribution is -2.39. The number of aryl methyl sites for hydroxylation is 2. The fraction of sp³-hybridized carbons (Fsp3) is 0.387. The topological polar surface area (TPSA) is 66.7 Å². The zero-order valence-electron chi connectivity index (χ0n) is 22.3. The molecule has 0 radical (unpaired) electrons. The van der Waals surface area contributed by atoms with E-state index in [1.807, 2.05) is 48.2 Å². The van der Waals surface area contributed by atoms with Crippen molar-refractivity contribution >= 4 is 11.6 Å². The molecule has 194 valence electrons. The molecule has 1 fully saturated rings. The number of carbonyl (C=O) groups is 1. The SMILES string of the molecule is Cc1ccc(C(=O)N(CC(C)C)CC2CN(Cc3ccc([N+](=O)[O-])cc3)CC2c2ccccc2C)cc1. The molecule has 0 bridgehead atoms. The lowest BCUT2D eigenvalue weighted by molar-refractivity contribution is -0.384. The van der Waals surface area contributed by atoms with Crippen LogP contribution in [0.4, 0.5) is 5.69 Å². The van der Waals surface area contributed by atoms with E-state index >= 15 is 0 Å². The number of nitro groups is 1. The van der Waals surface area contributed by atoms with E-state index in [4.69, 9.17) is 0 Å². The van der Waals surface area contributed by atoms with E-state index in [0.29, 0.717) is 24.9 Å². The van der Waals surface area contributed by atoms with Crippen LogP contribution in [0.2, 0.25) is 0 Å². The smallest absolute Gasteiger partial charge is 0.269 e. The van der Waals surface area contributed by atoms with Gasteiger partial charge in [0.25, 0.3) is 11.6 Å². The van der Waals surface area contributed by atoms with Crippen molar-refractivity contribution in [3.63, 3.8) is 0 Å². The first-order chi connectivity index (χ1) is 17.7. The molecule has 1 heterocycles. The summed E-state index contributed by atoms with van der Waals surface area (Å²) in [5.74, 6) is 1.04. The predicted molar refractivity (Wildman–Crippen MR) is 148 cm³/mol. The second-order valence-electron chi connectivity index (χ2n) is 10.8. The van der Waals surface area contributed by atoms with E-state index in [2.05, 4.69) is 49.9 Å². The van der Waals surface area contributed by atoms with Crippen LogP contribution in [-0.4, -0.2) is 46.8 Å². The van der Waals surface area contributed by atoms with Crippen molar-refractivity contribution in [1.29, 1.82) is 0 Å². The molecule has 4 rings (SSSR count). The zero-order valence-corrected chi connectivity index (χ0v) is 22.3. The summed E-state index contributed by atoms with van der Waals surface area (Å²) < 4.78 is 0. The van der Waals surface area contributed by atoms with Gasteiger partial charge < -0.3 is 4.90 Å². The van der Waals surface area contributed by atoms with Crippen molar-refractivity contribution in [3.05, 3.63) is 111 Å². The zero-order chi connectivity index (χ0) is 26.5. The van der Waals surface area contributed by atoms with Gasteiger partial charge in [-0.2, -0.15) is 0 Å². The molecule has 3 aromatic carbocycles. The fourth-order valence-corrected chi connectivity index (χ4v) is 5.45. The van der Waals surface area contributed by atoms with Crippen LogP contribution in [-0.2, 0) is 6.54 Å². The molecule has 3 aromatic rings. The molecule has 1 aliphatic heterocycles. The van der Waals surface area contributed by atoms with Crippen molar-refractivity contribution in [3.8, 4) is 0 Å².